The van der Waals surface area contributed by atoms with Gasteiger partial charge in [0.15, 0.2) is 0 Å². The second-order valence-corrected chi connectivity index (χ2v) is 9.52. The normalized spacial score (nSPS) is 22.1. The first kappa shape index (κ1) is 15.1. The number of hydrogen-bond acceptors (Lipinski definition) is 5. The second kappa shape index (κ2) is 9.16. The standard InChI is InChI=1S/C28H29NO3S/c1-3-14-29-16-24(17-29)33-23-11-6-20(7-12-23)28-27(19-4-8-21(30)9-5-19)18(2)25-13-10-22(31)15-26(25)32-28/h4-13,15,24,28,30-31H,3,14,16-17H2,1-2H3/i1D2,2D3,11D,12D. The fourth-order valence-corrected chi connectivity index (χ4v) is 5.34. The zero-order valence-electron chi connectivity index (χ0n) is 24.9. The number of nitrogens with zero attached hydrogens (tertiary/aromatic N) is 1. The number of fused-ring (bicyclic) bond motifs is 1. The Morgan fingerprint density at radius 1 is 1.06 bits per heavy atom. The lowest BCUT2D eigenvalue weighted by Gasteiger charge is -2.38. The third kappa shape index (κ3) is 4.48. The summed E-state index contributed by atoms with van der Waals surface area (Å²) in [5.41, 5.74) is 1.65. The Kier molecular flexibility index (Phi) is 4.19. The zero-order valence-corrected chi connectivity index (χ0v) is 18.7. The first-order chi connectivity index (χ1) is 18.9. The molecule has 0 spiro atoms. The van der Waals surface area contributed by atoms with Crippen molar-refractivity contribution in [2.24, 2.45) is 0 Å². The van der Waals surface area contributed by atoms with Crippen molar-refractivity contribution in [2.45, 2.75) is 36.4 Å². The summed E-state index contributed by atoms with van der Waals surface area (Å²) >= 11 is 1.46. The van der Waals surface area contributed by atoms with Crippen molar-refractivity contribution in [3.05, 3.63) is 83.4 Å². The molecule has 1 atom stereocenters. The summed E-state index contributed by atoms with van der Waals surface area (Å²) in [6.07, 6.45) is -0.500. The van der Waals surface area contributed by atoms with Crippen LogP contribution in [0.4, 0.5) is 0 Å². The number of phenolic OH excluding ortho intramolecular Hbond substituents is 2. The maximum atomic E-state index is 10.1. The molecule has 2 heterocycles. The number of phenols is 2. The first-order valence-electron chi connectivity index (χ1n) is 14.4. The molecule has 3 aromatic carbocycles. The fraction of sp³-hybridized carbons (Fsp3) is 0.286. The Morgan fingerprint density at radius 2 is 1.82 bits per heavy atom. The van der Waals surface area contributed by atoms with Crippen molar-refractivity contribution in [3.63, 3.8) is 0 Å². The average molecular weight is 467 g/mol. The Balaban J connectivity index is 1.53. The van der Waals surface area contributed by atoms with E-state index in [-0.39, 0.29) is 40.2 Å². The van der Waals surface area contributed by atoms with E-state index in [1.807, 2.05) is 0 Å². The van der Waals surface area contributed by atoms with Gasteiger partial charge in [-0.1, -0.05) is 31.1 Å². The van der Waals surface area contributed by atoms with E-state index in [0.29, 0.717) is 40.1 Å². The number of likely N-dealkylation sites (tertiary alicyclic amines) is 1. The lowest BCUT2D eigenvalue weighted by atomic mass is 9.86. The highest BCUT2D eigenvalue weighted by atomic mass is 32.2. The van der Waals surface area contributed by atoms with Gasteiger partial charge in [-0.15, -0.1) is 11.8 Å². The molecule has 0 amide bonds. The Morgan fingerprint density at radius 3 is 2.55 bits per heavy atom. The lowest BCUT2D eigenvalue weighted by molar-refractivity contribution is 0.191. The zero-order chi connectivity index (χ0) is 28.8. The van der Waals surface area contributed by atoms with Crippen molar-refractivity contribution in [1.82, 2.24) is 4.90 Å². The van der Waals surface area contributed by atoms with E-state index in [2.05, 4.69) is 4.90 Å². The summed E-state index contributed by atoms with van der Waals surface area (Å²) in [4.78, 5) is 2.68. The van der Waals surface area contributed by atoms with Gasteiger partial charge in [-0.3, -0.25) is 0 Å². The Labute approximate surface area is 209 Å². The summed E-state index contributed by atoms with van der Waals surface area (Å²) < 4.78 is 63.6. The lowest BCUT2D eigenvalue weighted by Crippen LogP contribution is -2.48. The topological polar surface area (TPSA) is 52.9 Å². The summed E-state index contributed by atoms with van der Waals surface area (Å²) in [5, 5.41) is 20.2. The average Bonchev–Trinajstić information content (AvgIpc) is 2.85. The van der Waals surface area contributed by atoms with Crippen LogP contribution in [0.5, 0.6) is 17.2 Å². The van der Waals surface area contributed by atoms with Crippen molar-refractivity contribution < 1.29 is 24.5 Å². The largest absolute Gasteiger partial charge is 0.508 e. The predicted molar refractivity (Wildman–Crippen MR) is 135 cm³/mol. The minimum Gasteiger partial charge on any atom is -0.508 e. The number of hydrogen-bond donors (Lipinski definition) is 2. The van der Waals surface area contributed by atoms with Gasteiger partial charge in [-0.2, -0.15) is 0 Å². The molecule has 5 heteroatoms. The van der Waals surface area contributed by atoms with Gasteiger partial charge >= 0.3 is 0 Å². The molecular formula is C28H29NO3S. The molecule has 2 aliphatic rings. The summed E-state index contributed by atoms with van der Waals surface area (Å²) in [5.74, 6) is 0.128. The van der Waals surface area contributed by atoms with Crippen LogP contribution in [0.2, 0.25) is 0 Å². The minimum atomic E-state index is -2.56. The van der Waals surface area contributed by atoms with Gasteiger partial charge in [0, 0.05) is 47.3 Å². The van der Waals surface area contributed by atoms with E-state index in [0.717, 1.165) is 13.1 Å². The van der Waals surface area contributed by atoms with Gasteiger partial charge in [0.2, 0.25) is 0 Å². The van der Waals surface area contributed by atoms with E-state index in [1.165, 1.54) is 42.1 Å². The summed E-state index contributed by atoms with van der Waals surface area (Å²) in [6, 6.07) is 13.9. The fourth-order valence-electron chi connectivity index (χ4n) is 4.18. The number of rotatable bonds is 6. The van der Waals surface area contributed by atoms with E-state index in [1.54, 1.807) is 24.3 Å². The molecule has 2 N–H and O–H groups in total. The van der Waals surface area contributed by atoms with E-state index >= 15 is 0 Å². The molecular weight excluding hydrogens is 430 g/mol. The molecule has 0 saturated carbocycles. The predicted octanol–water partition coefficient (Wildman–Crippen LogP) is 6.35. The van der Waals surface area contributed by atoms with E-state index < -0.39 is 19.8 Å². The minimum absolute atomic E-state index is 0.0235. The monoisotopic (exact) mass is 466 g/mol. The molecule has 33 heavy (non-hydrogen) atoms. The van der Waals surface area contributed by atoms with Crippen molar-refractivity contribution in [3.8, 4) is 17.2 Å². The molecule has 3 aromatic rings. The molecule has 0 aromatic heterocycles. The number of thioether (sulfide) groups is 1. The van der Waals surface area contributed by atoms with Crippen LogP contribution < -0.4 is 4.74 Å². The SMILES string of the molecule is [2H]c1cc(C2Oc3cc(O)ccc3C(C([2H])([2H])[2H])=C2c2ccc(O)cc2)cc([2H])c1SC1CN(CCC([2H])[2H])C1. The van der Waals surface area contributed by atoms with E-state index in [9.17, 15) is 10.2 Å². The van der Waals surface area contributed by atoms with Crippen LogP contribution in [-0.4, -0.2) is 40.0 Å². The van der Waals surface area contributed by atoms with Gasteiger partial charge in [-0.05, 0) is 72.9 Å². The van der Waals surface area contributed by atoms with Gasteiger partial charge in [0.1, 0.15) is 23.4 Å². The number of aromatic hydroxyl groups is 2. The maximum Gasteiger partial charge on any atom is 0.150 e. The van der Waals surface area contributed by atoms with Crippen LogP contribution in [0.25, 0.3) is 11.1 Å². The second-order valence-electron chi connectivity index (χ2n) is 8.21. The Hall–Kier alpha value is -2.89. The maximum absolute atomic E-state index is 10.1. The number of allylic oxidation sites excluding steroid dienone is 1. The molecule has 5 rings (SSSR count). The van der Waals surface area contributed by atoms with Gasteiger partial charge < -0.3 is 19.8 Å². The third-order valence-electron chi connectivity index (χ3n) is 5.89. The molecule has 0 bridgehead atoms. The van der Waals surface area contributed by atoms with Crippen molar-refractivity contribution >= 4 is 22.9 Å². The molecule has 1 saturated heterocycles. The van der Waals surface area contributed by atoms with Gasteiger partial charge in [-0.25, -0.2) is 0 Å². The smallest absolute Gasteiger partial charge is 0.150 e. The highest BCUT2D eigenvalue weighted by Gasteiger charge is 2.30. The molecule has 170 valence electrons. The molecule has 0 radical (unpaired) electrons. The molecule has 0 aliphatic carbocycles. The molecule has 2 aliphatic heterocycles. The highest BCUT2D eigenvalue weighted by Crippen LogP contribution is 2.47. The molecule has 1 unspecified atom stereocenters. The highest BCUT2D eigenvalue weighted by molar-refractivity contribution is 8.00. The number of benzene rings is 3. The van der Waals surface area contributed by atoms with Crippen molar-refractivity contribution in [1.29, 1.82) is 0 Å². The van der Waals surface area contributed by atoms with Crippen LogP contribution in [-0.2, 0) is 0 Å². The van der Waals surface area contributed by atoms with E-state index in [4.69, 9.17) is 14.3 Å². The Bertz CT molecular complexity index is 1410. The first-order valence-corrected chi connectivity index (χ1v) is 11.7. The van der Waals surface area contributed by atoms with Crippen LogP contribution in [0.1, 0.15) is 52.5 Å². The summed E-state index contributed by atoms with van der Waals surface area (Å²) in [7, 11) is 0. The van der Waals surface area contributed by atoms with Gasteiger partial charge in [0.05, 0.1) is 2.74 Å². The van der Waals surface area contributed by atoms with Crippen LogP contribution in [0.15, 0.2) is 71.6 Å². The quantitative estimate of drug-likeness (QED) is 0.443. The van der Waals surface area contributed by atoms with Crippen LogP contribution in [0, 0.1) is 0 Å². The molecule has 1 fully saturated rings. The third-order valence-corrected chi connectivity index (χ3v) is 6.99. The number of ether oxygens (including phenoxy) is 1. The van der Waals surface area contributed by atoms with Crippen LogP contribution >= 0.6 is 11.8 Å². The van der Waals surface area contributed by atoms with Crippen LogP contribution in [0.3, 0.4) is 0 Å². The van der Waals surface area contributed by atoms with Gasteiger partial charge in [0.25, 0.3) is 0 Å². The van der Waals surface area contributed by atoms with Crippen molar-refractivity contribution in [2.75, 3.05) is 19.6 Å². The molecule has 4 nitrogen and oxygen atoms in total. The summed E-state index contributed by atoms with van der Waals surface area (Å²) in [6.45, 7) is -1.19.